The molecule has 4 nitrogen and oxygen atoms in total. The number of amidine groups is 1. The Morgan fingerprint density at radius 1 is 1.60 bits per heavy atom. The Hall–Kier alpha value is -1.42. The molecule has 0 fully saturated rings. The van der Waals surface area contributed by atoms with Crippen LogP contribution in [-0.4, -0.2) is 35.0 Å². The Bertz CT molecular complexity index is 345. The van der Waals surface area contributed by atoms with Crippen molar-refractivity contribution in [3.63, 3.8) is 0 Å². The van der Waals surface area contributed by atoms with Gasteiger partial charge in [0.05, 0.1) is 12.7 Å². The van der Waals surface area contributed by atoms with E-state index in [1.807, 2.05) is 19.2 Å². The lowest BCUT2D eigenvalue weighted by Gasteiger charge is -2.24. The quantitative estimate of drug-likeness (QED) is 0.786. The number of rotatable bonds is 3. The average molecular weight is 204 g/mol. The lowest BCUT2D eigenvalue weighted by molar-refractivity contribution is 0.362. The van der Waals surface area contributed by atoms with Gasteiger partial charge in [0.2, 0.25) is 0 Å². The normalized spacial score (nSPS) is 17.7. The lowest BCUT2D eigenvalue weighted by atomic mass is 10.2. The van der Waals surface area contributed by atoms with Crippen LogP contribution in [0.3, 0.4) is 0 Å². The molecule has 1 aliphatic rings. The fourth-order valence-electron chi connectivity index (χ4n) is 1.79. The van der Waals surface area contributed by atoms with Crippen molar-refractivity contribution in [3.8, 4) is 0 Å². The van der Waals surface area contributed by atoms with E-state index < -0.39 is 0 Å². The second kappa shape index (κ2) is 4.40. The molecule has 4 heteroatoms. The predicted octanol–water partition coefficient (Wildman–Crippen LogP) is 0.643. The van der Waals surface area contributed by atoms with Crippen LogP contribution in [0.4, 0.5) is 0 Å². The van der Waals surface area contributed by atoms with E-state index >= 15 is 0 Å². The maximum absolute atomic E-state index is 5.87. The van der Waals surface area contributed by atoms with Gasteiger partial charge in [0.1, 0.15) is 5.84 Å². The molecular formula is C11H16N4. The van der Waals surface area contributed by atoms with Crippen molar-refractivity contribution >= 4 is 5.84 Å². The third kappa shape index (κ3) is 2.33. The summed E-state index contributed by atoms with van der Waals surface area (Å²) < 4.78 is 0. The largest absolute Gasteiger partial charge is 0.343 e. The van der Waals surface area contributed by atoms with Gasteiger partial charge in [0.15, 0.2) is 0 Å². The Labute approximate surface area is 89.8 Å². The number of aliphatic imine (C=N–C) groups is 1. The van der Waals surface area contributed by atoms with Gasteiger partial charge < -0.3 is 10.6 Å². The second-order valence-corrected chi connectivity index (χ2v) is 3.77. The van der Waals surface area contributed by atoms with E-state index in [0.717, 1.165) is 25.3 Å². The van der Waals surface area contributed by atoms with Gasteiger partial charge in [-0.2, -0.15) is 0 Å². The summed E-state index contributed by atoms with van der Waals surface area (Å²) >= 11 is 0. The summed E-state index contributed by atoms with van der Waals surface area (Å²) in [5.41, 5.74) is 7.06. The van der Waals surface area contributed by atoms with Crippen molar-refractivity contribution in [3.05, 3.63) is 30.1 Å². The smallest absolute Gasteiger partial charge is 0.105 e. The fourth-order valence-corrected chi connectivity index (χ4v) is 1.79. The number of nitrogens with zero attached hydrogens (tertiary/aromatic N) is 3. The van der Waals surface area contributed by atoms with Crippen LogP contribution >= 0.6 is 0 Å². The molecule has 1 aromatic heterocycles. The first-order valence-corrected chi connectivity index (χ1v) is 5.22. The summed E-state index contributed by atoms with van der Waals surface area (Å²) in [5.74, 6) is 1.08. The summed E-state index contributed by atoms with van der Waals surface area (Å²) in [4.78, 5) is 10.7. The number of hydrogen-bond acceptors (Lipinski definition) is 4. The van der Waals surface area contributed by atoms with Crippen LogP contribution in [0.15, 0.2) is 29.5 Å². The first-order valence-electron chi connectivity index (χ1n) is 5.22. The summed E-state index contributed by atoms with van der Waals surface area (Å²) in [6, 6.07) is 4.01. The molecular weight excluding hydrogens is 188 g/mol. The van der Waals surface area contributed by atoms with Crippen LogP contribution in [0, 0.1) is 0 Å². The van der Waals surface area contributed by atoms with Crippen LogP contribution in [0.1, 0.15) is 12.5 Å². The molecule has 0 aliphatic carbocycles. The standard InChI is InChI=1S/C11H16N4/c1-9(12)15-6-5-14-11(15)7-10-3-2-4-13-8-10/h2-4,8-9H,5-7,12H2,1H3. The topological polar surface area (TPSA) is 54.5 Å². The highest BCUT2D eigenvalue weighted by molar-refractivity contribution is 5.86. The highest BCUT2D eigenvalue weighted by Crippen LogP contribution is 2.09. The van der Waals surface area contributed by atoms with E-state index in [9.17, 15) is 0 Å². The summed E-state index contributed by atoms with van der Waals surface area (Å²) in [7, 11) is 0. The van der Waals surface area contributed by atoms with Crippen LogP contribution in [0.5, 0.6) is 0 Å². The molecule has 15 heavy (non-hydrogen) atoms. The van der Waals surface area contributed by atoms with Crippen molar-refractivity contribution in [2.45, 2.75) is 19.5 Å². The molecule has 0 spiro atoms. The minimum Gasteiger partial charge on any atom is -0.343 e. The van der Waals surface area contributed by atoms with E-state index in [0.29, 0.717) is 0 Å². The highest BCUT2D eigenvalue weighted by atomic mass is 15.3. The van der Waals surface area contributed by atoms with Gasteiger partial charge >= 0.3 is 0 Å². The van der Waals surface area contributed by atoms with Gasteiger partial charge in [-0.1, -0.05) is 6.07 Å². The van der Waals surface area contributed by atoms with Crippen LogP contribution < -0.4 is 5.73 Å². The van der Waals surface area contributed by atoms with Gasteiger partial charge in [0.25, 0.3) is 0 Å². The van der Waals surface area contributed by atoms with Crippen molar-refractivity contribution in [2.24, 2.45) is 10.7 Å². The Balaban J connectivity index is 2.06. The molecule has 0 amide bonds. The van der Waals surface area contributed by atoms with Crippen molar-refractivity contribution in [1.82, 2.24) is 9.88 Å². The number of nitrogens with two attached hydrogens (primary N) is 1. The fraction of sp³-hybridized carbons (Fsp3) is 0.455. The summed E-state index contributed by atoms with van der Waals surface area (Å²) in [5, 5.41) is 0. The number of aromatic nitrogens is 1. The average Bonchev–Trinajstić information content (AvgIpc) is 2.67. The maximum Gasteiger partial charge on any atom is 0.105 e. The van der Waals surface area contributed by atoms with E-state index in [4.69, 9.17) is 5.73 Å². The molecule has 0 saturated heterocycles. The second-order valence-electron chi connectivity index (χ2n) is 3.77. The Kier molecular flexibility index (Phi) is 2.97. The van der Waals surface area contributed by atoms with Gasteiger partial charge in [-0.05, 0) is 18.6 Å². The van der Waals surface area contributed by atoms with Gasteiger partial charge in [-0.25, -0.2) is 0 Å². The molecule has 2 rings (SSSR count). The summed E-state index contributed by atoms with van der Waals surface area (Å²) in [6.07, 6.45) is 4.53. The van der Waals surface area contributed by atoms with Crippen LogP contribution in [0.2, 0.25) is 0 Å². The molecule has 0 saturated carbocycles. The van der Waals surface area contributed by atoms with Crippen molar-refractivity contribution in [1.29, 1.82) is 0 Å². The third-order valence-corrected chi connectivity index (χ3v) is 2.54. The molecule has 0 radical (unpaired) electrons. The van der Waals surface area contributed by atoms with Crippen LogP contribution in [0.25, 0.3) is 0 Å². The van der Waals surface area contributed by atoms with E-state index in [2.05, 4.69) is 20.9 Å². The number of pyridine rings is 1. The summed E-state index contributed by atoms with van der Waals surface area (Å²) in [6.45, 7) is 3.79. The zero-order valence-corrected chi connectivity index (χ0v) is 8.93. The maximum atomic E-state index is 5.87. The molecule has 1 unspecified atom stereocenters. The minimum atomic E-state index is 0.0444. The molecule has 1 aliphatic heterocycles. The zero-order chi connectivity index (χ0) is 10.7. The Morgan fingerprint density at radius 2 is 2.47 bits per heavy atom. The number of hydrogen-bond donors (Lipinski definition) is 1. The van der Waals surface area contributed by atoms with E-state index in [1.54, 1.807) is 6.20 Å². The monoisotopic (exact) mass is 204 g/mol. The zero-order valence-electron chi connectivity index (χ0n) is 8.93. The van der Waals surface area contributed by atoms with Crippen LogP contribution in [-0.2, 0) is 6.42 Å². The molecule has 2 N–H and O–H groups in total. The lowest BCUT2D eigenvalue weighted by Crippen LogP contribution is -2.42. The molecule has 1 atom stereocenters. The van der Waals surface area contributed by atoms with E-state index in [1.165, 1.54) is 5.56 Å². The van der Waals surface area contributed by atoms with Crippen molar-refractivity contribution < 1.29 is 0 Å². The first kappa shape index (κ1) is 10.1. The van der Waals surface area contributed by atoms with Gasteiger partial charge in [0, 0.05) is 25.4 Å². The van der Waals surface area contributed by atoms with Gasteiger partial charge in [-0.3, -0.25) is 9.98 Å². The Morgan fingerprint density at radius 3 is 3.13 bits per heavy atom. The molecule has 1 aromatic rings. The first-order chi connectivity index (χ1) is 7.27. The highest BCUT2D eigenvalue weighted by Gasteiger charge is 2.19. The SMILES string of the molecule is CC(N)N1CCN=C1Cc1cccnc1. The van der Waals surface area contributed by atoms with E-state index in [-0.39, 0.29) is 6.17 Å². The minimum absolute atomic E-state index is 0.0444. The van der Waals surface area contributed by atoms with Crippen molar-refractivity contribution in [2.75, 3.05) is 13.1 Å². The predicted molar refractivity (Wildman–Crippen MR) is 60.6 cm³/mol. The molecule has 0 aromatic carbocycles. The molecule has 2 heterocycles. The third-order valence-electron chi connectivity index (χ3n) is 2.54. The van der Waals surface area contributed by atoms with Gasteiger partial charge in [-0.15, -0.1) is 0 Å². The molecule has 80 valence electrons. The molecule has 0 bridgehead atoms.